The van der Waals surface area contributed by atoms with E-state index in [4.69, 9.17) is 4.74 Å². The van der Waals surface area contributed by atoms with Crippen LogP contribution in [0.4, 0.5) is 0 Å². The highest BCUT2D eigenvalue weighted by atomic mass is 79.9. The predicted molar refractivity (Wildman–Crippen MR) is 55.1 cm³/mol. The third-order valence-corrected chi connectivity index (χ3v) is 6.12. The Kier molecular flexibility index (Phi) is 1.35. The van der Waals surface area contributed by atoms with Crippen LogP contribution in [0.15, 0.2) is 12.2 Å². The number of ether oxygens (including phenoxy) is 1. The van der Waals surface area contributed by atoms with Gasteiger partial charge in [-0.2, -0.15) is 0 Å². The molecule has 14 heavy (non-hydrogen) atoms. The molecule has 4 aliphatic rings. The Bertz CT molecular complexity index is 329. The predicted octanol–water partition coefficient (Wildman–Crippen LogP) is 1.33. The molecule has 7 atom stereocenters. The third-order valence-electron chi connectivity index (χ3n) is 4.96. The number of alkyl halides is 1. The maximum absolute atomic E-state index is 9.68. The van der Waals surface area contributed by atoms with Crippen LogP contribution < -0.4 is 0 Å². The molecule has 1 aliphatic heterocycles. The van der Waals surface area contributed by atoms with Crippen molar-refractivity contribution in [2.75, 3.05) is 6.61 Å². The summed E-state index contributed by atoms with van der Waals surface area (Å²) in [5.41, 5.74) is 0.0521. The van der Waals surface area contributed by atoms with Crippen molar-refractivity contribution in [3.05, 3.63) is 12.2 Å². The van der Waals surface area contributed by atoms with Gasteiger partial charge >= 0.3 is 0 Å². The molecule has 0 amide bonds. The molecule has 3 heteroatoms. The molecule has 1 heterocycles. The van der Waals surface area contributed by atoms with Crippen LogP contribution in [-0.2, 0) is 4.74 Å². The first-order valence-electron chi connectivity index (χ1n) is 5.38. The summed E-state index contributed by atoms with van der Waals surface area (Å²) in [4.78, 5) is 0.464. The smallest absolute Gasteiger partial charge is 0.0801 e. The molecule has 0 aromatic heterocycles. The van der Waals surface area contributed by atoms with Crippen molar-refractivity contribution in [1.82, 2.24) is 0 Å². The van der Waals surface area contributed by atoms with E-state index in [1.807, 2.05) is 0 Å². The Morgan fingerprint density at radius 3 is 3.21 bits per heavy atom. The van der Waals surface area contributed by atoms with Crippen LogP contribution in [-0.4, -0.2) is 28.7 Å². The molecular weight excluding hydrogens is 244 g/mol. The van der Waals surface area contributed by atoms with Gasteiger partial charge in [-0.05, 0) is 18.3 Å². The summed E-state index contributed by atoms with van der Waals surface area (Å²) in [6.07, 6.45) is 6.37. The Morgan fingerprint density at radius 2 is 2.43 bits per heavy atom. The summed E-state index contributed by atoms with van der Waals surface area (Å²) in [5.74, 6) is 1.86. The molecule has 2 saturated carbocycles. The Balaban J connectivity index is 1.92. The van der Waals surface area contributed by atoms with Crippen LogP contribution in [0.3, 0.4) is 0 Å². The van der Waals surface area contributed by atoms with Gasteiger partial charge in [-0.25, -0.2) is 0 Å². The molecule has 2 nitrogen and oxygen atoms in total. The number of hydrogen-bond acceptors (Lipinski definition) is 2. The quantitative estimate of drug-likeness (QED) is 0.567. The van der Waals surface area contributed by atoms with Gasteiger partial charge in [-0.1, -0.05) is 28.1 Å². The van der Waals surface area contributed by atoms with Gasteiger partial charge in [0.05, 0.1) is 18.8 Å². The number of fused-ring (bicyclic) bond motifs is 2. The summed E-state index contributed by atoms with van der Waals surface area (Å²) in [7, 11) is 0. The summed E-state index contributed by atoms with van der Waals surface area (Å²) in [6.45, 7) is 0.296. The Morgan fingerprint density at radius 1 is 1.57 bits per heavy atom. The van der Waals surface area contributed by atoms with Crippen LogP contribution in [0, 0.1) is 23.2 Å². The van der Waals surface area contributed by atoms with Crippen LogP contribution in [0.25, 0.3) is 0 Å². The monoisotopic (exact) mass is 256 g/mol. The number of aliphatic hydroxyl groups excluding tert-OH is 1. The molecule has 0 aromatic rings. The Labute approximate surface area is 91.5 Å². The average molecular weight is 257 g/mol. The Hall–Kier alpha value is 0.140. The fraction of sp³-hybridized carbons (Fsp3) is 0.818. The van der Waals surface area contributed by atoms with Crippen LogP contribution >= 0.6 is 15.9 Å². The van der Waals surface area contributed by atoms with Crippen molar-refractivity contribution in [2.24, 2.45) is 23.2 Å². The highest BCUT2D eigenvalue weighted by Crippen LogP contribution is 2.69. The lowest BCUT2D eigenvalue weighted by Gasteiger charge is -2.38. The van der Waals surface area contributed by atoms with Crippen molar-refractivity contribution in [3.63, 3.8) is 0 Å². The van der Waals surface area contributed by atoms with Gasteiger partial charge in [0.25, 0.3) is 0 Å². The largest absolute Gasteiger partial charge is 0.395 e. The van der Waals surface area contributed by atoms with Gasteiger partial charge in [0.15, 0.2) is 0 Å². The molecule has 2 bridgehead atoms. The minimum absolute atomic E-state index is 0.0521. The van der Waals surface area contributed by atoms with Gasteiger partial charge < -0.3 is 9.84 Å². The highest BCUT2D eigenvalue weighted by Gasteiger charge is 2.71. The lowest BCUT2D eigenvalue weighted by molar-refractivity contribution is 0.0694. The van der Waals surface area contributed by atoms with Gasteiger partial charge in [-0.15, -0.1) is 0 Å². The van der Waals surface area contributed by atoms with E-state index in [-0.39, 0.29) is 5.41 Å². The van der Waals surface area contributed by atoms with E-state index in [2.05, 4.69) is 28.1 Å². The maximum Gasteiger partial charge on any atom is 0.0801 e. The summed E-state index contributed by atoms with van der Waals surface area (Å²) < 4.78 is 6.02. The molecule has 1 saturated heterocycles. The first kappa shape index (κ1) is 8.31. The van der Waals surface area contributed by atoms with E-state index in [9.17, 15) is 5.11 Å². The molecule has 5 unspecified atom stereocenters. The zero-order chi connectivity index (χ0) is 9.50. The van der Waals surface area contributed by atoms with Crippen LogP contribution in [0.5, 0.6) is 0 Å². The fourth-order valence-corrected chi connectivity index (χ4v) is 5.70. The maximum atomic E-state index is 9.68. The molecule has 3 fully saturated rings. The fourth-order valence-electron chi connectivity index (χ4n) is 4.48. The van der Waals surface area contributed by atoms with Crippen LogP contribution in [0.1, 0.15) is 6.42 Å². The van der Waals surface area contributed by atoms with E-state index in [1.54, 1.807) is 0 Å². The zero-order valence-corrected chi connectivity index (χ0v) is 9.35. The average Bonchev–Trinajstić information content (AvgIpc) is 2.83. The molecule has 0 aromatic carbocycles. The summed E-state index contributed by atoms with van der Waals surface area (Å²) in [6, 6.07) is 0. The minimum atomic E-state index is 0.0521. The highest BCUT2D eigenvalue weighted by molar-refractivity contribution is 9.09. The second-order valence-electron chi connectivity index (χ2n) is 5.17. The number of halogens is 1. The lowest BCUT2D eigenvalue weighted by Crippen LogP contribution is -2.43. The topological polar surface area (TPSA) is 29.5 Å². The molecule has 0 spiro atoms. The number of hydrogen-bond donors (Lipinski definition) is 1. The van der Waals surface area contributed by atoms with Crippen molar-refractivity contribution in [1.29, 1.82) is 0 Å². The van der Waals surface area contributed by atoms with Crippen molar-refractivity contribution < 1.29 is 9.84 Å². The molecule has 0 radical (unpaired) electrons. The molecule has 1 N–H and O–H groups in total. The molecule has 3 aliphatic carbocycles. The summed E-state index contributed by atoms with van der Waals surface area (Å²) in [5, 5.41) is 9.68. The van der Waals surface area contributed by atoms with E-state index in [0.717, 1.165) is 0 Å². The SMILES string of the molecule is OC[C@]12C=C[C@@H]3OC4C(Br)C1CC4C32. The lowest BCUT2D eigenvalue weighted by atomic mass is 9.68. The van der Waals surface area contributed by atoms with Crippen molar-refractivity contribution in [2.45, 2.75) is 23.5 Å². The van der Waals surface area contributed by atoms with Gasteiger partial charge in [0.2, 0.25) is 0 Å². The van der Waals surface area contributed by atoms with Crippen molar-refractivity contribution >= 4 is 15.9 Å². The number of aliphatic hydroxyl groups is 1. The number of rotatable bonds is 1. The van der Waals surface area contributed by atoms with E-state index >= 15 is 0 Å². The molecule has 76 valence electrons. The zero-order valence-electron chi connectivity index (χ0n) is 7.77. The van der Waals surface area contributed by atoms with E-state index < -0.39 is 0 Å². The van der Waals surface area contributed by atoms with Crippen LogP contribution in [0.2, 0.25) is 0 Å². The van der Waals surface area contributed by atoms with E-state index in [0.29, 0.717) is 41.4 Å². The van der Waals surface area contributed by atoms with Gasteiger partial charge in [0, 0.05) is 16.2 Å². The molecule has 4 rings (SSSR count). The van der Waals surface area contributed by atoms with Crippen molar-refractivity contribution in [3.8, 4) is 0 Å². The normalized spacial score (nSPS) is 67.0. The second-order valence-corrected chi connectivity index (χ2v) is 6.23. The van der Waals surface area contributed by atoms with E-state index in [1.165, 1.54) is 6.42 Å². The standard InChI is InChI=1S/C11H13BrO2/c12-9-6-3-5-8-7(14-10(5)9)1-2-11(6,8)4-13/h1-2,5-10,13H,3-4H2/t5?,6?,7-,8?,9?,10?,11+/m0/s1. The first-order valence-corrected chi connectivity index (χ1v) is 6.29. The molecular formula is C11H13BrO2. The first-order chi connectivity index (χ1) is 6.78. The third kappa shape index (κ3) is 0.624. The summed E-state index contributed by atoms with van der Waals surface area (Å²) >= 11 is 3.76. The van der Waals surface area contributed by atoms with Gasteiger partial charge in [-0.3, -0.25) is 0 Å². The second kappa shape index (κ2) is 2.28. The minimum Gasteiger partial charge on any atom is -0.395 e. The van der Waals surface area contributed by atoms with Gasteiger partial charge in [0.1, 0.15) is 0 Å².